The maximum Gasteiger partial charge on any atom is 0.490 e. The zero-order chi connectivity index (χ0) is 56.4. The van der Waals surface area contributed by atoms with E-state index < -0.39 is 136 Å². The number of nitrogens with zero attached hydrogens (tertiary/aromatic N) is 10. The number of aryl methyl sites for hydroxylation is 1. The van der Waals surface area contributed by atoms with Gasteiger partial charge in [-0.1, -0.05) is 0 Å². The molecule has 15 N–H and O–H groups in total. The van der Waals surface area contributed by atoms with Crippen molar-refractivity contribution >= 4 is 76.9 Å². The van der Waals surface area contributed by atoms with Crippen molar-refractivity contribution in [3.63, 3.8) is 0 Å². The Bertz CT molecular complexity index is 3330. The number of aromatic nitrogens is 10. The van der Waals surface area contributed by atoms with E-state index in [0.29, 0.717) is 0 Å². The topological polar surface area (TPSA) is 544 Å². The molecule has 0 bridgehead atoms. The third-order valence-corrected chi connectivity index (χ3v) is 19.0. The molecule has 42 heteroatoms. The van der Waals surface area contributed by atoms with E-state index in [-0.39, 0.29) is 71.1 Å². The van der Waals surface area contributed by atoms with E-state index in [4.69, 9.17) is 54.5 Å². The van der Waals surface area contributed by atoms with Crippen molar-refractivity contribution in [2.24, 2.45) is 16.6 Å². The van der Waals surface area contributed by atoms with Crippen LogP contribution in [0.2, 0.25) is 0 Å². The first kappa shape index (κ1) is 57.9. The summed E-state index contributed by atoms with van der Waals surface area (Å²) in [5.41, 5.74) is 14.9. The normalized spacial score (nSPS) is 31.4. The van der Waals surface area contributed by atoms with Gasteiger partial charge in [-0.15, -0.1) is 0 Å². The van der Waals surface area contributed by atoms with Gasteiger partial charge < -0.3 is 95.3 Å². The second kappa shape index (κ2) is 22.3. The number of imidazole rings is 3. The van der Waals surface area contributed by atoms with E-state index in [1.54, 1.807) is 6.92 Å². The Labute approximate surface area is 437 Å². The number of H-pyrrole nitrogens is 1. The van der Waals surface area contributed by atoms with Gasteiger partial charge in [-0.2, -0.15) is 23.2 Å². The van der Waals surface area contributed by atoms with Crippen LogP contribution in [0.3, 0.4) is 0 Å². The van der Waals surface area contributed by atoms with E-state index in [0.717, 1.165) is 30.7 Å². The maximum absolute atomic E-state index is 14.3. The molecule has 9 rings (SSSR count). The molecule has 38 nitrogen and oxygen atoms in total. The number of methoxy groups -OCH3 is 2. The zero-order valence-corrected chi connectivity index (χ0v) is 44.3. The number of nitrogens with one attached hydrogen (secondary N) is 2. The van der Waals surface area contributed by atoms with Crippen LogP contribution < -0.4 is 37.5 Å². The second-order valence-electron chi connectivity index (χ2n) is 17.7. The summed E-state index contributed by atoms with van der Waals surface area (Å²) in [6.45, 7) is -1.23. The Morgan fingerprint density at radius 1 is 0.782 bits per heavy atom. The molecule has 78 heavy (non-hydrogen) atoms. The molecule has 5 unspecified atom stereocenters. The van der Waals surface area contributed by atoms with E-state index in [1.807, 2.05) is 0 Å². The van der Waals surface area contributed by atoms with Gasteiger partial charge in [0, 0.05) is 26.7 Å². The van der Waals surface area contributed by atoms with Crippen molar-refractivity contribution < 1.29 is 109 Å². The monoisotopic (exact) mass is 1190 g/mol. The van der Waals surface area contributed by atoms with Crippen molar-refractivity contribution in [1.82, 2.24) is 48.9 Å². The first-order valence-electron chi connectivity index (χ1n) is 23.0. The standard InChI is InChI=1S/C36H53N15O23P4/c1-4-48-13-51(29-20(48)31(56)47-36(39)45-29)32-21(52)14(5-6-65-2)15(70-32)7-68-76(59,60)73-78(63,64)74-77(61,62)69-9-17-25(24(66-3)34(72-17)49-11-42-18-26(37)40-10-41-27(18)49)75(57,58)67-8-16-22(53)23(54)33(71-16)50-12-43-19-28(50)44-35(38)46-30(19)55/h10-17,21-25,30,32-34,52-55H,4-9H2,1-3H3,(H11-,37,38,39,40,41,44,45,46,47,56,57,58,59,60,61,62,63,64)/t14-,15-,16-,17-,21-,22-,23-,24-,25-,30?,32-,33-,34-/m1/s1. The summed E-state index contributed by atoms with van der Waals surface area (Å²) in [7, 11) is -21.1. The number of guanidine groups is 1. The van der Waals surface area contributed by atoms with E-state index in [9.17, 15) is 63.1 Å². The summed E-state index contributed by atoms with van der Waals surface area (Å²) in [4.78, 5) is 85.8. The van der Waals surface area contributed by atoms with Crippen LogP contribution in [-0.4, -0.2) is 174 Å². The molecular formula is C36H53N15O23P4. The fraction of sp³-hybridized carbons (Fsp3) is 0.611. The predicted molar refractivity (Wildman–Crippen MR) is 253 cm³/mol. The number of rotatable bonds is 22. The van der Waals surface area contributed by atoms with Crippen LogP contribution in [0.5, 0.6) is 0 Å². The smallest absolute Gasteiger partial charge is 0.490 e. The summed E-state index contributed by atoms with van der Waals surface area (Å²) in [5, 5.41) is 46.2. The minimum Gasteiger partial charge on any atom is -0.778 e. The molecule has 17 atom stereocenters. The molecular weight excluding hydrogens is 1130 g/mol. The second-order valence-corrected chi connectivity index (χ2v) is 24.3. The van der Waals surface area contributed by atoms with Crippen LogP contribution >= 0.6 is 31.1 Å². The third-order valence-electron chi connectivity index (χ3n) is 12.9. The Balaban J connectivity index is 0.887. The fourth-order valence-electron chi connectivity index (χ4n) is 9.41. The molecule has 4 aliphatic rings. The summed E-state index contributed by atoms with van der Waals surface area (Å²) < 4.78 is 112. The highest BCUT2D eigenvalue weighted by Gasteiger charge is 2.55. The number of phosphoric ester groups is 2. The lowest BCUT2D eigenvalue weighted by molar-refractivity contribution is -0.669. The first-order valence-corrected chi connectivity index (χ1v) is 29.1. The molecule has 5 aromatic heterocycles. The summed E-state index contributed by atoms with van der Waals surface area (Å²) >= 11 is 0. The molecule has 9 heterocycles. The van der Waals surface area contributed by atoms with Crippen LogP contribution in [0, 0.1) is 5.92 Å². The number of nitrogens with two attached hydrogens (primary N) is 3. The molecule has 0 amide bonds. The van der Waals surface area contributed by atoms with Gasteiger partial charge in [-0.25, -0.2) is 38.2 Å². The highest BCUT2D eigenvalue weighted by molar-refractivity contribution is 7.66. The van der Waals surface area contributed by atoms with Gasteiger partial charge in [0.25, 0.3) is 11.2 Å². The summed E-state index contributed by atoms with van der Waals surface area (Å²) in [5.74, 6) is -1.57. The highest BCUT2D eigenvalue weighted by atomic mass is 31.3. The summed E-state index contributed by atoms with van der Waals surface area (Å²) in [6.07, 6.45) is -12.5. The number of nitrogen functional groups attached to an aromatic ring is 2. The van der Waals surface area contributed by atoms with Crippen LogP contribution in [0.25, 0.3) is 22.3 Å². The predicted octanol–water partition coefficient (Wildman–Crippen LogP) is -3.78. The van der Waals surface area contributed by atoms with Gasteiger partial charge >= 0.3 is 29.0 Å². The average Bonchev–Trinajstić information content (AvgIpc) is 4.37. The molecule has 4 aliphatic heterocycles. The number of hydrogen-bond acceptors (Lipinski definition) is 30. The maximum atomic E-state index is 14.3. The number of aromatic amines is 1. The molecule has 0 saturated carbocycles. The Hall–Kier alpha value is -4.82. The zero-order valence-electron chi connectivity index (χ0n) is 40.7. The van der Waals surface area contributed by atoms with Gasteiger partial charge in [-0.05, 0) is 13.3 Å². The molecule has 3 fully saturated rings. The van der Waals surface area contributed by atoms with E-state index in [1.165, 1.54) is 27.1 Å². The number of aliphatic hydroxyl groups is 4. The van der Waals surface area contributed by atoms with Crippen LogP contribution in [-0.2, 0) is 70.7 Å². The van der Waals surface area contributed by atoms with Gasteiger partial charge in [0.2, 0.25) is 18.5 Å². The largest absolute Gasteiger partial charge is 0.778 e. The number of fused-ring (bicyclic) bond motifs is 3. The molecule has 0 spiro atoms. The van der Waals surface area contributed by atoms with Gasteiger partial charge in [0.1, 0.15) is 55.7 Å². The number of aliphatic hydroxyl groups excluding tert-OH is 4. The lowest BCUT2D eigenvalue weighted by Crippen LogP contribution is -2.40. The number of ether oxygens (including phenoxy) is 5. The lowest BCUT2D eigenvalue weighted by Gasteiger charge is -2.35. The molecule has 5 aromatic rings. The summed E-state index contributed by atoms with van der Waals surface area (Å²) in [6, 6.07) is 0. The van der Waals surface area contributed by atoms with Crippen molar-refractivity contribution in [3.05, 3.63) is 41.4 Å². The number of anilines is 2. The molecule has 0 aromatic carbocycles. The first-order chi connectivity index (χ1) is 36.8. The van der Waals surface area contributed by atoms with Crippen molar-refractivity contribution in [3.8, 4) is 0 Å². The van der Waals surface area contributed by atoms with Crippen molar-refractivity contribution in [2.75, 3.05) is 52.1 Å². The number of phosphoric acid groups is 3. The number of hydrogen-bond donors (Lipinski definition) is 12. The SMILES string of the molecule is CC[n+]1cn([C@@H]2O[C@H](COP(=O)(O)OP(=O)(O)OP(=O)(O)OC[C@H]3O[C@@H](n4cnc5c(N)ncnc54)[C@H](OC)[C@@H]3P(=O)([O-])OC[C@H]3O[C@@H](n4cnc5c4N=C(N)NC5O)[C@H](O)[C@@H]3O)[C@@H](CCOC)[C@H]2O)c2nc(N)[nH]c(=O)c21. The van der Waals surface area contributed by atoms with Gasteiger partial charge in [0.15, 0.2) is 41.9 Å². The van der Waals surface area contributed by atoms with Crippen LogP contribution in [0.15, 0.2) is 35.1 Å². The van der Waals surface area contributed by atoms with Crippen molar-refractivity contribution in [1.29, 1.82) is 0 Å². The Morgan fingerprint density at radius 2 is 1.42 bits per heavy atom. The molecule has 3 saturated heterocycles. The number of aliphatic imine (C=N–C) groups is 1. The Morgan fingerprint density at radius 3 is 2.10 bits per heavy atom. The highest BCUT2D eigenvalue weighted by Crippen LogP contribution is 2.68. The molecule has 0 aliphatic carbocycles. The molecule has 430 valence electrons. The van der Waals surface area contributed by atoms with Crippen LogP contribution in [0.4, 0.5) is 17.6 Å². The Kier molecular flexibility index (Phi) is 16.5. The van der Waals surface area contributed by atoms with Gasteiger partial charge in [-0.3, -0.25) is 28.0 Å². The lowest BCUT2D eigenvalue weighted by atomic mass is 9.95. The molecule has 0 radical (unpaired) electrons. The minimum absolute atomic E-state index is 0.0103. The fourth-order valence-corrected chi connectivity index (χ4v) is 14.6. The van der Waals surface area contributed by atoms with E-state index in [2.05, 4.69) is 48.8 Å². The van der Waals surface area contributed by atoms with Crippen molar-refractivity contribution in [2.45, 2.75) is 93.2 Å². The van der Waals surface area contributed by atoms with E-state index >= 15 is 0 Å². The quantitative estimate of drug-likeness (QED) is 0.0234. The van der Waals surface area contributed by atoms with Gasteiger partial charge in [0.05, 0.1) is 56.9 Å². The van der Waals surface area contributed by atoms with Crippen LogP contribution in [0.1, 0.15) is 44.0 Å². The third kappa shape index (κ3) is 11.4. The minimum atomic E-state index is -6.20. The average molecular weight is 1190 g/mol.